The largest absolute Gasteiger partial charge is 0.452 e. The highest BCUT2D eigenvalue weighted by Gasteiger charge is 2.15. The molecule has 0 unspecified atom stereocenters. The maximum atomic E-state index is 11.7. The van der Waals surface area contributed by atoms with Gasteiger partial charge in [-0.2, -0.15) is 0 Å². The molecule has 0 aromatic carbocycles. The Balaban J connectivity index is 1.68. The number of carbonyl (C=O) groups excluding carboxylic acids is 2. The topological polar surface area (TPSA) is 68.3 Å². The van der Waals surface area contributed by atoms with Crippen molar-refractivity contribution >= 4 is 11.9 Å². The van der Waals surface area contributed by atoms with Crippen LogP contribution in [-0.2, 0) is 9.53 Å². The van der Waals surface area contributed by atoms with Crippen molar-refractivity contribution in [1.82, 2.24) is 10.3 Å². The second-order valence-corrected chi connectivity index (χ2v) is 5.57. The van der Waals surface area contributed by atoms with Crippen LogP contribution in [0, 0.1) is 12.8 Å². The van der Waals surface area contributed by atoms with Gasteiger partial charge in [0.2, 0.25) is 0 Å². The minimum atomic E-state index is -0.518. The summed E-state index contributed by atoms with van der Waals surface area (Å²) in [6.45, 7) is 2.29. The average Bonchev–Trinajstić information content (AvgIpc) is 2.52. The Hall–Kier alpha value is -1.91. The summed E-state index contributed by atoms with van der Waals surface area (Å²) >= 11 is 0. The van der Waals surface area contributed by atoms with Crippen molar-refractivity contribution in [2.75, 3.05) is 13.2 Å². The first kappa shape index (κ1) is 15.5. The molecule has 0 radical (unpaired) electrons. The van der Waals surface area contributed by atoms with Gasteiger partial charge < -0.3 is 10.1 Å². The van der Waals surface area contributed by atoms with Gasteiger partial charge >= 0.3 is 5.97 Å². The van der Waals surface area contributed by atoms with E-state index in [0.717, 1.165) is 5.69 Å². The summed E-state index contributed by atoms with van der Waals surface area (Å²) in [7, 11) is 0. The quantitative estimate of drug-likeness (QED) is 0.844. The summed E-state index contributed by atoms with van der Waals surface area (Å²) in [5, 5.41) is 2.84. The third kappa shape index (κ3) is 5.17. The van der Waals surface area contributed by atoms with E-state index in [2.05, 4.69) is 10.3 Å². The highest BCUT2D eigenvalue weighted by molar-refractivity contribution is 5.90. The lowest BCUT2D eigenvalue weighted by Crippen LogP contribution is -2.33. The standard InChI is InChI=1S/C16H22N2O3/c1-12-7-8-14(10-17-12)16(20)21-11-15(19)18-9-13-5-3-2-4-6-13/h7-8,10,13H,2-6,9,11H2,1H3,(H,18,19). The van der Waals surface area contributed by atoms with Crippen molar-refractivity contribution in [2.24, 2.45) is 5.92 Å². The third-order valence-electron chi connectivity index (χ3n) is 3.79. The lowest BCUT2D eigenvalue weighted by atomic mass is 9.89. The molecule has 0 aliphatic heterocycles. The zero-order valence-corrected chi connectivity index (χ0v) is 12.4. The Bertz CT molecular complexity index is 479. The van der Waals surface area contributed by atoms with Crippen LogP contribution < -0.4 is 5.32 Å². The number of rotatable bonds is 5. The van der Waals surface area contributed by atoms with Crippen LogP contribution in [0.15, 0.2) is 18.3 Å². The van der Waals surface area contributed by atoms with Crippen LogP contribution in [0.2, 0.25) is 0 Å². The van der Waals surface area contributed by atoms with Crippen LogP contribution >= 0.6 is 0 Å². The second kappa shape index (κ2) is 7.76. The number of amides is 1. The number of hydrogen-bond acceptors (Lipinski definition) is 4. The van der Waals surface area contributed by atoms with Crippen LogP contribution in [0.25, 0.3) is 0 Å². The first-order valence-electron chi connectivity index (χ1n) is 7.51. The lowest BCUT2D eigenvalue weighted by molar-refractivity contribution is -0.124. The van der Waals surface area contributed by atoms with E-state index in [1.165, 1.54) is 38.3 Å². The maximum absolute atomic E-state index is 11.7. The van der Waals surface area contributed by atoms with E-state index in [-0.39, 0.29) is 12.5 Å². The number of hydrogen-bond donors (Lipinski definition) is 1. The Labute approximate surface area is 125 Å². The highest BCUT2D eigenvalue weighted by atomic mass is 16.5. The van der Waals surface area contributed by atoms with Crippen molar-refractivity contribution in [3.05, 3.63) is 29.6 Å². The summed E-state index contributed by atoms with van der Waals surface area (Å²) in [4.78, 5) is 27.4. The molecule has 1 fully saturated rings. The molecule has 0 spiro atoms. The number of ether oxygens (including phenoxy) is 1. The fourth-order valence-corrected chi connectivity index (χ4v) is 2.50. The predicted molar refractivity (Wildman–Crippen MR) is 78.8 cm³/mol. The Morgan fingerprint density at radius 2 is 2.05 bits per heavy atom. The van der Waals surface area contributed by atoms with Gasteiger partial charge in [-0.1, -0.05) is 19.3 Å². The molecule has 1 saturated carbocycles. The van der Waals surface area contributed by atoms with Crippen molar-refractivity contribution in [3.63, 3.8) is 0 Å². The minimum absolute atomic E-state index is 0.237. The lowest BCUT2D eigenvalue weighted by Gasteiger charge is -2.21. The first-order chi connectivity index (χ1) is 10.1. The summed E-state index contributed by atoms with van der Waals surface area (Å²) in [6.07, 6.45) is 7.60. The molecular weight excluding hydrogens is 268 g/mol. The van der Waals surface area contributed by atoms with Crippen molar-refractivity contribution in [3.8, 4) is 0 Å². The van der Waals surface area contributed by atoms with Gasteiger partial charge in [0.05, 0.1) is 5.56 Å². The fourth-order valence-electron chi connectivity index (χ4n) is 2.50. The van der Waals surface area contributed by atoms with E-state index in [1.54, 1.807) is 12.1 Å². The number of nitrogens with one attached hydrogen (secondary N) is 1. The van der Waals surface area contributed by atoms with E-state index in [9.17, 15) is 9.59 Å². The van der Waals surface area contributed by atoms with Crippen molar-refractivity contribution in [1.29, 1.82) is 0 Å². The molecule has 1 aromatic rings. The number of esters is 1. The maximum Gasteiger partial charge on any atom is 0.340 e. The number of nitrogens with zero attached hydrogens (tertiary/aromatic N) is 1. The fraction of sp³-hybridized carbons (Fsp3) is 0.562. The molecular formula is C16H22N2O3. The Morgan fingerprint density at radius 1 is 1.29 bits per heavy atom. The van der Waals surface area contributed by atoms with Gasteiger partial charge in [-0.15, -0.1) is 0 Å². The molecule has 1 aromatic heterocycles. The molecule has 5 heteroatoms. The van der Waals surface area contributed by atoms with Gasteiger partial charge in [0, 0.05) is 18.4 Å². The second-order valence-electron chi connectivity index (χ2n) is 5.57. The smallest absolute Gasteiger partial charge is 0.340 e. The van der Waals surface area contributed by atoms with E-state index < -0.39 is 5.97 Å². The van der Waals surface area contributed by atoms with Crippen LogP contribution in [0.1, 0.15) is 48.2 Å². The predicted octanol–water partition coefficient (Wildman–Crippen LogP) is 2.24. The summed E-state index contributed by atoms with van der Waals surface area (Å²) in [5.41, 5.74) is 1.19. The molecule has 5 nitrogen and oxygen atoms in total. The molecule has 0 atom stereocenters. The molecule has 2 rings (SSSR count). The van der Waals surface area contributed by atoms with Crippen LogP contribution in [0.3, 0.4) is 0 Å². The zero-order valence-electron chi connectivity index (χ0n) is 12.4. The van der Waals surface area contributed by atoms with E-state index in [1.807, 2.05) is 6.92 Å². The first-order valence-corrected chi connectivity index (χ1v) is 7.51. The molecule has 21 heavy (non-hydrogen) atoms. The van der Waals surface area contributed by atoms with Gasteiger partial charge in [0.15, 0.2) is 6.61 Å². The van der Waals surface area contributed by atoms with E-state index >= 15 is 0 Å². The summed E-state index contributed by atoms with van der Waals surface area (Å²) in [6, 6.07) is 3.38. The van der Waals surface area contributed by atoms with Gasteiger partial charge in [-0.05, 0) is 37.8 Å². The van der Waals surface area contributed by atoms with Gasteiger partial charge in [-0.25, -0.2) is 4.79 Å². The van der Waals surface area contributed by atoms with Gasteiger partial charge in [0.1, 0.15) is 0 Å². The van der Waals surface area contributed by atoms with Gasteiger partial charge in [-0.3, -0.25) is 9.78 Å². The summed E-state index contributed by atoms with van der Waals surface area (Å²) < 4.78 is 4.98. The monoisotopic (exact) mass is 290 g/mol. The minimum Gasteiger partial charge on any atom is -0.452 e. The number of pyridine rings is 1. The zero-order chi connectivity index (χ0) is 15.1. The molecule has 114 valence electrons. The Kier molecular flexibility index (Phi) is 5.72. The molecule has 1 amide bonds. The Morgan fingerprint density at radius 3 is 2.71 bits per heavy atom. The molecule has 1 aliphatic carbocycles. The molecule has 0 bridgehead atoms. The van der Waals surface area contributed by atoms with Gasteiger partial charge in [0.25, 0.3) is 5.91 Å². The molecule has 1 N–H and O–H groups in total. The van der Waals surface area contributed by atoms with Crippen LogP contribution in [0.5, 0.6) is 0 Å². The van der Waals surface area contributed by atoms with E-state index in [4.69, 9.17) is 4.74 Å². The van der Waals surface area contributed by atoms with Crippen LogP contribution in [0.4, 0.5) is 0 Å². The number of aromatic nitrogens is 1. The highest BCUT2D eigenvalue weighted by Crippen LogP contribution is 2.22. The van der Waals surface area contributed by atoms with E-state index in [0.29, 0.717) is 18.0 Å². The number of carbonyl (C=O) groups is 2. The average molecular weight is 290 g/mol. The SMILES string of the molecule is Cc1ccc(C(=O)OCC(=O)NCC2CCCCC2)cn1. The molecule has 0 saturated heterocycles. The number of aryl methyl sites for hydroxylation is 1. The summed E-state index contributed by atoms with van der Waals surface area (Å²) in [5.74, 6) is -0.191. The van der Waals surface area contributed by atoms with Crippen LogP contribution in [-0.4, -0.2) is 30.0 Å². The molecule has 1 aliphatic rings. The molecule has 1 heterocycles. The van der Waals surface area contributed by atoms with Crippen molar-refractivity contribution in [2.45, 2.75) is 39.0 Å². The third-order valence-corrected chi connectivity index (χ3v) is 3.79. The van der Waals surface area contributed by atoms with Crippen molar-refractivity contribution < 1.29 is 14.3 Å². The normalized spacial score (nSPS) is 15.5.